The van der Waals surface area contributed by atoms with Crippen LogP contribution in [-0.2, 0) is 11.8 Å². The molecule has 2 fully saturated rings. The van der Waals surface area contributed by atoms with E-state index in [1.54, 1.807) is 0 Å². The molecule has 0 saturated carbocycles. The minimum absolute atomic E-state index is 0.0326. The van der Waals surface area contributed by atoms with Gasteiger partial charge in [0.2, 0.25) is 0 Å². The van der Waals surface area contributed by atoms with Gasteiger partial charge in [0.05, 0.1) is 6.04 Å². The van der Waals surface area contributed by atoms with Gasteiger partial charge in [0.1, 0.15) is 17.4 Å². The second-order valence-electron chi connectivity index (χ2n) is 11.9. The van der Waals surface area contributed by atoms with Crippen molar-refractivity contribution in [3.8, 4) is 5.75 Å². The molecule has 3 aromatic rings. The van der Waals surface area contributed by atoms with Gasteiger partial charge >= 0.3 is 0 Å². The Morgan fingerprint density at radius 2 is 1.49 bits per heavy atom. The zero-order valence-electron chi connectivity index (χ0n) is 23.0. The van der Waals surface area contributed by atoms with Crippen molar-refractivity contribution in [2.45, 2.75) is 43.7 Å². The quantitative estimate of drug-likeness (QED) is 0.449. The van der Waals surface area contributed by atoms with E-state index in [9.17, 15) is 13.9 Å². The third-order valence-electron chi connectivity index (χ3n) is 10.0. The lowest BCUT2D eigenvalue weighted by Crippen LogP contribution is -2.59. The normalized spacial score (nSPS) is 26.1. The Balaban J connectivity index is 1.18. The topological polar surface area (TPSA) is 30.0 Å². The third-order valence-corrected chi connectivity index (χ3v) is 10.0. The van der Waals surface area contributed by atoms with Gasteiger partial charge in [0, 0.05) is 37.6 Å². The van der Waals surface area contributed by atoms with Gasteiger partial charge in [-0.25, -0.2) is 8.78 Å². The maximum atomic E-state index is 13.7. The van der Waals surface area contributed by atoms with Crippen LogP contribution in [0.5, 0.6) is 5.75 Å². The molecule has 0 aromatic heterocycles. The minimum Gasteiger partial charge on any atom is -0.508 e. The molecule has 4 nitrogen and oxygen atoms in total. The summed E-state index contributed by atoms with van der Waals surface area (Å²) in [6.07, 6.45) is 3.27. The van der Waals surface area contributed by atoms with E-state index in [2.05, 4.69) is 34.7 Å². The Kier molecular flexibility index (Phi) is 7.21. The molecule has 0 unspecified atom stereocenters. The molecule has 2 saturated heterocycles. The molecule has 0 radical (unpaired) electrons. The first-order valence-electron chi connectivity index (χ1n) is 14.3. The van der Waals surface area contributed by atoms with Gasteiger partial charge < -0.3 is 14.9 Å². The van der Waals surface area contributed by atoms with E-state index in [0.29, 0.717) is 17.7 Å². The summed E-state index contributed by atoms with van der Waals surface area (Å²) in [7, 11) is 2.26. The summed E-state index contributed by atoms with van der Waals surface area (Å²) in [5.41, 5.74) is 4.91. The van der Waals surface area contributed by atoms with Crippen LogP contribution in [0, 0.1) is 17.6 Å². The molecule has 2 bridgehead atoms. The summed E-state index contributed by atoms with van der Waals surface area (Å²) >= 11 is 0. The summed E-state index contributed by atoms with van der Waals surface area (Å²) in [4.78, 5) is 7.55. The number of phenolic OH excluding ortho intramolecular Hbond substituents is 1. The van der Waals surface area contributed by atoms with E-state index in [4.69, 9.17) is 0 Å². The Bertz CT molecular complexity index is 1240. The third kappa shape index (κ3) is 4.99. The number of hydrogen-bond acceptors (Lipinski definition) is 4. The van der Waals surface area contributed by atoms with Gasteiger partial charge in [-0.2, -0.15) is 0 Å². The maximum Gasteiger partial charge on any atom is 0.123 e. The predicted molar refractivity (Wildman–Crippen MR) is 151 cm³/mol. The van der Waals surface area contributed by atoms with E-state index >= 15 is 0 Å². The zero-order chi connectivity index (χ0) is 27.1. The van der Waals surface area contributed by atoms with Crippen LogP contribution < -0.4 is 0 Å². The van der Waals surface area contributed by atoms with Gasteiger partial charge in [0.25, 0.3) is 0 Å². The van der Waals surface area contributed by atoms with Crippen LogP contribution in [0.4, 0.5) is 8.78 Å². The molecule has 6 rings (SSSR count). The van der Waals surface area contributed by atoms with Crippen LogP contribution in [0.1, 0.15) is 48.1 Å². The molecule has 3 atom stereocenters. The fourth-order valence-electron chi connectivity index (χ4n) is 7.66. The number of nitrogens with zero attached hydrogens (tertiary/aromatic N) is 3. The van der Waals surface area contributed by atoms with Crippen LogP contribution in [0.25, 0.3) is 0 Å². The Hall–Kier alpha value is -2.80. The molecule has 2 aliphatic heterocycles. The van der Waals surface area contributed by atoms with Gasteiger partial charge in [-0.15, -0.1) is 0 Å². The number of fused-ring (bicyclic) bond motifs is 4. The fourth-order valence-corrected chi connectivity index (χ4v) is 7.66. The zero-order valence-corrected chi connectivity index (χ0v) is 23.0. The summed E-state index contributed by atoms with van der Waals surface area (Å²) in [6, 6.07) is 20.0. The molecule has 2 heterocycles. The van der Waals surface area contributed by atoms with Crippen molar-refractivity contribution in [1.82, 2.24) is 14.7 Å². The van der Waals surface area contributed by atoms with Gasteiger partial charge in [-0.05, 0) is 104 Å². The number of piperazine rings is 1. The van der Waals surface area contributed by atoms with Crippen LogP contribution in [-0.4, -0.2) is 72.2 Å². The molecular weight excluding hydrogens is 492 g/mol. The number of benzene rings is 3. The summed E-state index contributed by atoms with van der Waals surface area (Å²) in [5, 5.41) is 10.4. The lowest BCUT2D eigenvalue weighted by atomic mass is 9.56. The first-order chi connectivity index (χ1) is 18.8. The van der Waals surface area contributed by atoms with Gasteiger partial charge in [-0.1, -0.05) is 37.3 Å². The molecule has 1 aliphatic carbocycles. The number of rotatable bonds is 6. The highest BCUT2D eigenvalue weighted by Crippen LogP contribution is 2.51. The van der Waals surface area contributed by atoms with Crippen molar-refractivity contribution in [1.29, 1.82) is 0 Å². The maximum absolute atomic E-state index is 13.7. The monoisotopic (exact) mass is 531 g/mol. The molecule has 206 valence electrons. The van der Waals surface area contributed by atoms with E-state index in [-0.39, 0.29) is 23.1 Å². The standard InChI is InChI=1S/C33H39F2N3O/c1-23-31-21-26-7-12-29(39)22-30(26)33(23,13-15-36(31)2)14-16-37-17-19-38(20-18-37)32(24-3-8-27(34)9-4-24)25-5-10-28(35)11-6-25/h3-12,22-23,31-32,39H,13-21H2,1-2H3/t23-,31+,33-/m0/s1. The first-order valence-corrected chi connectivity index (χ1v) is 14.3. The van der Waals surface area contributed by atoms with E-state index in [1.165, 1.54) is 35.4 Å². The molecule has 39 heavy (non-hydrogen) atoms. The second kappa shape index (κ2) is 10.6. The molecule has 3 aliphatic rings. The SMILES string of the molecule is C[C@H]1[C@H]2Cc3ccc(O)cc3[C@]1(CCN1CCN(C(c3ccc(F)cc3)c3ccc(F)cc3)CC1)CCN2C. The average Bonchev–Trinajstić information content (AvgIpc) is 2.94. The van der Waals surface area contributed by atoms with Crippen LogP contribution >= 0.6 is 0 Å². The lowest BCUT2D eigenvalue weighted by Gasteiger charge is -2.56. The van der Waals surface area contributed by atoms with Crippen LogP contribution in [0.3, 0.4) is 0 Å². The van der Waals surface area contributed by atoms with Crippen LogP contribution in [0.15, 0.2) is 66.7 Å². The van der Waals surface area contributed by atoms with E-state index in [1.807, 2.05) is 36.4 Å². The molecule has 6 heteroatoms. The Labute approximate surface area is 230 Å². The van der Waals surface area contributed by atoms with Gasteiger partial charge in [0.15, 0.2) is 0 Å². The van der Waals surface area contributed by atoms with Crippen LogP contribution in [0.2, 0.25) is 0 Å². The molecule has 1 N–H and O–H groups in total. The van der Waals surface area contributed by atoms with Crippen molar-refractivity contribution in [2.24, 2.45) is 5.92 Å². The summed E-state index contributed by atoms with van der Waals surface area (Å²) in [5.74, 6) is 0.416. The van der Waals surface area contributed by atoms with Gasteiger partial charge in [-0.3, -0.25) is 4.90 Å². The smallest absolute Gasteiger partial charge is 0.123 e. The highest BCUT2D eigenvalue weighted by Gasteiger charge is 2.50. The highest BCUT2D eigenvalue weighted by atomic mass is 19.1. The average molecular weight is 532 g/mol. The summed E-state index contributed by atoms with van der Waals surface area (Å²) < 4.78 is 27.4. The number of phenols is 1. The van der Waals surface area contributed by atoms with Crippen molar-refractivity contribution in [2.75, 3.05) is 46.3 Å². The van der Waals surface area contributed by atoms with Crippen molar-refractivity contribution in [3.05, 3.63) is 101 Å². The number of halogens is 2. The molecule has 0 amide bonds. The number of likely N-dealkylation sites (tertiary alicyclic amines) is 1. The lowest BCUT2D eigenvalue weighted by molar-refractivity contribution is 0.0246. The second-order valence-corrected chi connectivity index (χ2v) is 11.9. The molecule has 3 aromatic carbocycles. The van der Waals surface area contributed by atoms with Crippen molar-refractivity contribution < 1.29 is 13.9 Å². The largest absolute Gasteiger partial charge is 0.508 e. The predicted octanol–water partition coefficient (Wildman–Crippen LogP) is 5.60. The van der Waals surface area contributed by atoms with Crippen molar-refractivity contribution >= 4 is 0 Å². The molecular formula is C33H39F2N3O. The van der Waals surface area contributed by atoms with E-state index < -0.39 is 0 Å². The number of aromatic hydroxyl groups is 1. The Morgan fingerprint density at radius 3 is 2.10 bits per heavy atom. The minimum atomic E-state index is -0.247. The summed E-state index contributed by atoms with van der Waals surface area (Å²) in [6.45, 7) is 8.24. The highest BCUT2D eigenvalue weighted by molar-refractivity contribution is 5.44. The van der Waals surface area contributed by atoms with Crippen molar-refractivity contribution in [3.63, 3.8) is 0 Å². The first kappa shape index (κ1) is 26.4. The Morgan fingerprint density at radius 1 is 0.872 bits per heavy atom. The van der Waals surface area contributed by atoms with E-state index in [0.717, 1.165) is 69.7 Å². The number of likely N-dealkylation sites (N-methyl/N-ethyl adjacent to an activating group) is 1. The number of piperidine rings is 1. The number of hydrogen-bond donors (Lipinski definition) is 1. The molecule has 0 spiro atoms. The fraction of sp³-hybridized carbons (Fsp3) is 0.455.